The van der Waals surface area contributed by atoms with Crippen LogP contribution in [0.1, 0.15) is 18.9 Å². The number of carbonyl (C=O) groups excluding carboxylic acids is 1. The summed E-state index contributed by atoms with van der Waals surface area (Å²) in [5.41, 5.74) is 0.981. The molecule has 1 fully saturated rings. The molecule has 0 aliphatic carbocycles. The average molecular weight is 329 g/mol. The molecule has 8 nitrogen and oxygen atoms in total. The maximum atomic E-state index is 12.5. The molecule has 1 amide bonds. The molecule has 0 bridgehead atoms. The fraction of sp³-hybridized carbons (Fsp3) is 0.333. The topological polar surface area (TPSA) is 111 Å². The molecular formula is C12H12FN3O5S. The number of amides is 1. The third-order valence-corrected chi connectivity index (χ3v) is 3.83. The van der Waals surface area contributed by atoms with Crippen molar-refractivity contribution in [3.05, 3.63) is 24.5 Å². The van der Waals surface area contributed by atoms with E-state index in [9.17, 15) is 22.2 Å². The Morgan fingerprint density at radius 3 is 2.91 bits per heavy atom. The lowest BCUT2D eigenvalue weighted by Gasteiger charge is -2.29. The molecule has 0 spiro atoms. The van der Waals surface area contributed by atoms with Gasteiger partial charge in [-0.1, -0.05) is 3.89 Å². The lowest BCUT2D eigenvalue weighted by molar-refractivity contribution is -0.128. The first-order valence-electron chi connectivity index (χ1n) is 6.41. The van der Waals surface area contributed by atoms with E-state index in [-0.39, 0.29) is 24.1 Å². The highest BCUT2D eigenvalue weighted by molar-refractivity contribution is 7.81. The fourth-order valence-corrected chi connectivity index (χ4v) is 2.84. The zero-order chi connectivity index (χ0) is 15.9. The van der Waals surface area contributed by atoms with Crippen LogP contribution >= 0.6 is 0 Å². The van der Waals surface area contributed by atoms with Gasteiger partial charge in [-0.05, 0) is 18.6 Å². The highest BCUT2D eigenvalue weighted by atomic mass is 32.3. The van der Waals surface area contributed by atoms with Gasteiger partial charge in [-0.3, -0.25) is 4.79 Å². The van der Waals surface area contributed by atoms with Crippen LogP contribution in [-0.4, -0.2) is 35.2 Å². The summed E-state index contributed by atoms with van der Waals surface area (Å²) in [6.07, 6.45) is 1.14. The number of fused-ring (bicyclic) bond motifs is 1. The van der Waals surface area contributed by atoms with Crippen LogP contribution in [0.2, 0.25) is 0 Å². The fourth-order valence-electron chi connectivity index (χ4n) is 2.50. The third kappa shape index (κ3) is 2.88. The molecule has 2 aromatic rings. The number of aliphatic hydroxyl groups excluding tert-OH is 1. The molecule has 0 saturated carbocycles. The number of benzene rings is 1. The number of halogens is 1. The van der Waals surface area contributed by atoms with E-state index in [0.717, 1.165) is 0 Å². The zero-order valence-electron chi connectivity index (χ0n) is 11.1. The molecule has 22 heavy (non-hydrogen) atoms. The van der Waals surface area contributed by atoms with Crippen molar-refractivity contribution in [1.29, 1.82) is 0 Å². The van der Waals surface area contributed by atoms with Crippen LogP contribution in [0.3, 0.4) is 0 Å². The molecular weight excluding hydrogens is 317 g/mol. The van der Waals surface area contributed by atoms with E-state index in [1.54, 1.807) is 4.57 Å². The van der Waals surface area contributed by atoms with Crippen molar-refractivity contribution in [2.75, 3.05) is 0 Å². The second-order valence-electron chi connectivity index (χ2n) is 4.90. The first-order chi connectivity index (χ1) is 10.3. The van der Waals surface area contributed by atoms with Gasteiger partial charge in [-0.2, -0.15) is 8.42 Å². The van der Waals surface area contributed by atoms with Gasteiger partial charge in [0.05, 0.1) is 23.4 Å². The minimum Gasteiger partial charge on any atom is -0.372 e. The molecule has 2 heterocycles. The van der Waals surface area contributed by atoms with Gasteiger partial charge in [-0.15, -0.1) is 0 Å². The van der Waals surface area contributed by atoms with Gasteiger partial charge in [0.1, 0.15) is 12.0 Å². The van der Waals surface area contributed by atoms with E-state index < -0.39 is 16.7 Å². The number of imidazole rings is 1. The molecule has 1 aromatic carbocycles. The molecule has 3 rings (SSSR count). The van der Waals surface area contributed by atoms with Crippen LogP contribution in [0.5, 0.6) is 5.75 Å². The predicted molar refractivity (Wildman–Crippen MR) is 72.8 cm³/mol. The molecule has 0 radical (unpaired) electrons. The quantitative estimate of drug-likeness (QED) is 0.789. The smallest absolute Gasteiger partial charge is 0.372 e. The SMILES string of the molecule is O=C1CCC(n2cnc3cc(OS(=O)(=O)F)ccc32)C(O)N1. The van der Waals surface area contributed by atoms with Crippen molar-refractivity contribution < 1.29 is 26.4 Å². The highest BCUT2D eigenvalue weighted by Crippen LogP contribution is 2.28. The van der Waals surface area contributed by atoms with Crippen molar-refractivity contribution >= 4 is 27.4 Å². The lowest BCUT2D eigenvalue weighted by atomic mass is 10.0. The summed E-state index contributed by atoms with van der Waals surface area (Å²) >= 11 is 0. The largest absolute Gasteiger partial charge is 0.488 e. The average Bonchev–Trinajstić information content (AvgIpc) is 2.80. The van der Waals surface area contributed by atoms with E-state index in [4.69, 9.17) is 0 Å². The number of aliphatic hydroxyl groups is 1. The van der Waals surface area contributed by atoms with Gasteiger partial charge in [0.25, 0.3) is 0 Å². The van der Waals surface area contributed by atoms with E-state index in [1.165, 1.54) is 24.5 Å². The third-order valence-electron chi connectivity index (χ3n) is 3.44. The summed E-state index contributed by atoms with van der Waals surface area (Å²) in [6.45, 7) is 0. The summed E-state index contributed by atoms with van der Waals surface area (Å²) < 4.78 is 39.3. The van der Waals surface area contributed by atoms with Gasteiger partial charge < -0.3 is 19.2 Å². The summed E-state index contributed by atoms with van der Waals surface area (Å²) in [5.74, 6) is -0.422. The van der Waals surface area contributed by atoms with Gasteiger partial charge in [0.15, 0.2) is 0 Å². The van der Waals surface area contributed by atoms with Crippen LogP contribution in [0, 0.1) is 0 Å². The summed E-state index contributed by atoms with van der Waals surface area (Å²) in [5, 5.41) is 12.4. The molecule has 1 aliphatic rings. The number of carbonyl (C=O) groups is 1. The van der Waals surface area contributed by atoms with E-state index in [2.05, 4.69) is 14.5 Å². The summed E-state index contributed by atoms with van der Waals surface area (Å²) in [4.78, 5) is 15.3. The van der Waals surface area contributed by atoms with E-state index in [0.29, 0.717) is 17.5 Å². The molecule has 1 aromatic heterocycles. The number of nitrogens with zero attached hydrogens (tertiary/aromatic N) is 2. The molecule has 2 N–H and O–H groups in total. The molecule has 10 heteroatoms. The number of aromatic nitrogens is 2. The normalized spacial score (nSPS) is 22.5. The minimum atomic E-state index is -5.10. The molecule has 1 saturated heterocycles. The van der Waals surface area contributed by atoms with Crippen LogP contribution < -0.4 is 9.50 Å². The number of rotatable bonds is 3. The maximum absolute atomic E-state index is 12.5. The Morgan fingerprint density at radius 1 is 1.45 bits per heavy atom. The zero-order valence-corrected chi connectivity index (χ0v) is 12.0. The highest BCUT2D eigenvalue weighted by Gasteiger charge is 2.29. The molecule has 118 valence electrons. The molecule has 2 atom stereocenters. The van der Waals surface area contributed by atoms with Crippen molar-refractivity contribution in [2.24, 2.45) is 0 Å². The lowest BCUT2D eigenvalue weighted by Crippen LogP contribution is -2.45. The Balaban J connectivity index is 1.94. The van der Waals surface area contributed by atoms with Gasteiger partial charge in [-0.25, -0.2) is 4.98 Å². The Bertz CT molecular complexity index is 834. The van der Waals surface area contributed by atoms with Crippen molar-refractivity contribution in [3.63, 3.8) is 0 Å². The maximum Gasteiger partial charge on any atom is 0.488 e. The van der Waals surface area contributed by atoms with Crippen molar-refractivity contribution in [3.8, 4) is 5.75 Å². The number of nitrogens with one attached hydrogen (secondary N) is 1. The Kier molecular flexibility index (Phi) is 3.49. The first kappa shape index (κ1) is 14.7. The van der Waals surface area contributed by atoms with E-state index >= 15 is 0 Å². The molecule has 2 unspecified atom stereocenters. The predicted octanol–water partition coefficient (Wildman–Crippen LogP) is 0.399. The van der Waals surface area contributed by atoms with Crippen LogP contribution in [-0.2, 0) is 15.3 Å². The summed E-state index contributed by atoms with van der Waals surface area (Å²) in [7, 11) is -5.10. The minimum absolute atomic E-state index is 0.197. The monoisotopic (exact) mass is 329 g/mol. The number of piperidine rings is 1. The van der Waals surface area contributed by atoms with Crippen LogP contribution in [0.15, 0.2) is 24.5 Å². The van der Waals surface area contributed by atoms with Gasteiger partial charge in [0.2, 0.25) is 5.91 Å². The number of hydrogen-bond acceptors (Lipinski definition) is 6. The van der Waals surface area contributed by atoms with Crippen LogP contribution in [0.25, 0.3) is 11.0 Å². The van der Waals surface area contributed by atoms with E-state index in [1.807, 2.05) is 0 Å². The van der Waals surface area contributed by atoms with Gasteiger partial charge in [0, 0.05) is 12.5 Å². The Morgan fingerprint density at radius 2 is 2.23 bits per heavy atom. The van der Waals surface area contributed by atoms with Crippen molar-refractivity contribution in [1.82, 2.24) is 14.9 Å². The number of hydrogen-bond donors (Lipinski definition) is 2. The molecule has 1 aliphatic heterocycles. The van der Waals surface area contributed by atoms with Crippen LogP contribution in [0.4, 0.5) is 3.89 Å². The van der Waals surface area contributed by atoms with Crippen molar-refractivity contribution in [2.45, 2.75) is 25.1 Å². The second kappa shape index (κ2) is 5.21. The second-order valence-corrected chi connectivity index (χ2v) is 5.85. The summed E-state index contributed by atoms with van der Waals surface area (Å²) in [6, 6.07) is 3.67. The Hall–Kier alpha value is -2.20. The first-order valence-corrected chi connectivity index (χ1v) is 7.72. The standard InChI is InChI=1S/C12H12FN3O5S/c13-22(19,20)21-7-1-2-9-8(5-7)14-6-16(9)10-3-4-11(17)15-12(10)18/h1-2,5-6,10,12,18H,3-4H2,(H,15,17). The Labute approximate surface area is 124 Å². The van der Waals surface area contributed by atoms with Gasteiger partial charge >= 0.3 is 10.5 Å².